The molecule has 1 aromatic rings. The minimum absolute atomic E-state index is 0.0508. The van der Waals surface area contributed by atoms with E-state index in [1.54, 1.807) is 30.9 Å². The Hall–Kier alpha value is -1.89. The number of methoxy groups -OCH3 is 2. The van der Waals surface area contributed by atoms with E-state index in [2.05, 4.69) is 19.2 Å². The van der Waals surface area contributed by atoms with Gasteiger partial charge in [0.05, 0.1) is 14.2 Å². The van der Waals surface area contributed by atoms with Gasteiger partial charge in [0.15, 0.2) is 11.5 Å². The first-order valence-electron chi connectivity index (χ1n) is 9.89. The third-order valence-electron chi connectivity index (χ3n) is 5.20. The van der Waals surface area contributed by atoms with E-state index in [9.17, 15) is 9.59 Å². The lowest BCUT2D eigenvalue weighted by Crippen LogP contribution is -2.48. The molecule has 0 radical (unpaired) electrons. The van der Waals surface area contributed by atoms with Crippen LogP contribution in [0.25, 0.3) is 0 Å². The van der Waals surface area contributed by atoms with Crippen LogP contribution in [0.4, 0.5) is 0 Å². The van der Waals surface area contributed by atoms with E-state index in [-0.39, 0.29) is 23.1 Å². The molecule has 1 heterocycles. The molecule has 2 fully saturated rings. The van der Waals surface area contributed by atoms with Crippen LogP contribution in [-0.4, -0.2) is 49.3 Å². The van der Waals surface area contributed by atoms with Crippen molar-refractivity contribution >= 4 is 23.6 Å². The Balaban J connectivity index is 1.81. The molecular formula is C21H30N2O4S. The molecule has 0 unspecified atom stereocenters. The molecule has 2 amide bonds. The number of amides is 2. The molecule has 0 bridgehead atoms. The van der Waals surface area contributed by atoms with Gasteiger partial charge in [0.25, 0.3) is 0 Å². The lowest BCUT2D eigenvalue weighted by molar-refractivity contribution is -0.140. The maximum Gasteiger partial charge on any atom is 0.243 e. The molecule has 0 aromatic heterocycles. The zero-order valence-electron chi connectivity index (χ0n) is 17.1. The summed E-state index contributed by atoms with van der Waals surface area (Å²) in [4.78, 5) is 27.7. The summed E-state index contributed by atoms with van der Waals surface area (Å²) in [6.45, 7) is 4.91. The molecule has 2 aliphatic rings. The second-order valence-electron chi connectivity index (χ2n) is 7.81. The topological polar surface area (TPSA) is 67.9 Å². The summed E-state index contributed by atoms with van der Waals surface area (Å²) in [7, 11) is 3.20. The highest BCUT2D eigenvalue weighted by Crippen LogP contribution is 2.46. The van der Waals surface area contributed by atoms with Crippen molar-refractivity contribution < 1.29 is 19.1 Å². The molecular weight excluding hydrogens is 376 g/mol. The number of hydrogen-bond donors (Lipinski definition) is 1. The minimum atomic E-state index is -0.427. The zero-order chi connectivity index (χ0) is 20.3. The molecule has 0 spiro atoms. The van der Waals surface area contributed by atoms with Gasteiger partial charge in [-0.15, -0.1) is 11.8 Å². The van der Waals surface area contributed by atoms with Crippen molar-refractivity contribution in [3.05, 3.63) is 23.8 Å². The fourth-order valence-electron chi connectivity index (χ4n) is 3.38. The van der Waals surface area contributed by atoms with Crippen LogP contribution < -0.4 is 14.8 Å². The number of nitrogens with zero attached hydrogens (tertiary/aromatic N) is 1. The van der Waals surface area contributed by atoms with Gasteiger partial charge in [0.1, 0.15) is 11.4 Å². The first-order chi connectivity index (χ1) is 13.5. The summed E-state index contributed by atoms with van der Waals surface area (Å²) < 4.78 is 10.7. The quantitative estimate of drug-likeness (QED) is 0.718. The molecule has 154 valence electrons. The molecule has 1 aliphatic heterocycles. The highest BCUT2D eigenvalue weighted by Gasteiger charge is 2.46. The predicted octanol–water partition coefficient (Wildman–Crippen LogP) is 3.22. The van der Waals surface area contributed by atoms with Gasteiger partial charge >= 0.3 is 0 Å². The smallest absolute Gasteiger partial charge is 0.243 e. The molecule has 3 rings (SSSR count). The lowest BCUT2D eigenvalue weighted by atomic mass is 10.1. The van der Waals surface area contributed by atoms with E-state index in [0.717, 1.165) is 24.8 Å². The van der Waals surface area contributed by atoms with Crippen LogP contribution in [0.2, 0.25) is 0 Å². The standard InChI is InChI=1S/C21H30N2O4S/c1-13(2)9-10-22-19(24)16-12-28-21(23(16)20(25)14-5-6-14)15-7-8-17(26-3)18(11-15)27-4/h7-8,11,13-14,16,21H,5-6,9-10,12H2,1-4H3,(H,22,24)/t16-,21+/m0/s1. The molecule has 1 saturated carbocycles. The Labute approximate surface area is 171 Å². The largest absolute Gasteiger partial charge is 0.493 e. The van der Waals surface area contributed by atoms with E-state index in [1.165, 1.54) is 0 Å². The van der Waals surface area contributed by atoms with E-state index >= 15 is 0 Å². The van der Waals surface area contributed by atoms with E-state index in [4.69, 9.17) is 9.47 Å². The molecule has 2 atom stereocenters. The Kier molecular flexibility index (Phi) is 6.75. The number of nitrogens with one attached hydrogen (secondary N) is 1. The second kappa shape index (κ2) is 9.07. The van der Waals surface area contributed by atoms with Gasteiger partial charge in [-0.25, -0.2) is 0 Å². The number of hydrogen-bond acceptors (Lipinski definition) is 5. The predicted molar refractivity (Wildman–Crippen MR) is 111 cm³/mol. The first-order valence-corrected chi connectivity index (χ1v) is 10.9. The summed E-state index contributed by atoms with van der Waals surface area (Å²) in [5.41, 5.74) is 0.953. The van der Waals surface area contributed by atoms with Crippen LogP contribution in [0.15, 0.2) is 18.2 Å². The maximum absolute atomic E-state index is 13.0. The number of carbonyl (C=O) groups is 2. The lowest BCUT2D eigenvalue weighted by Gasteiger charge is -2.29. The fraction of sp³-hybridized carbons (Fsp3) is 0.619. The van der Waals surface area contributed by atoms with Crippen LogP contribution in [0.3, 0.4) is 0 Å². The van der Waals surface area contributed by atoms with Gasteiger partial charge in [0, 0.05) is 18.2 Å². The monoisotopic (exact) mass is 406 g/mol. The number of rotatable bonds is 8. The van der Waals surface area contributed by atoms with Crippen LogP contribution >= 0.6 is 11.8 Å². The summed E-state index contributed by atoms with van der Waals surface area (Å²) in [6.07, 6.45) is 2.77. The molecule has 1 aromatic carbocycles. The minimum Gasteiger partial charge on any atom is -0.493 e. The molecule has 1 saturated heterocycles. The van der Waals surface area contributed by atoms with Gasteiger partial charge in [0.2, 0.25) is 11.8 Å². The number of ether oxygens (including phenoxy) is 2. The molecule has 1 N–H and O–H groups in total. The van der Waals surface area contributed by atoms with Crippen molar-refractivity contribution in [3.8, 4) is 11.5 Å². The first kappa shape index (κ1) is 20.8. The van der Waals surface area contributed by atoms with E-state index < -0.39 is 6.04 Å². The van der Waals surface area contributed by atoms with Crippen molar-refractivity contribution in [2.75, 3.05) is 26.5 Å². The number of carbonyl (C=O) groups excluding carboxylic acids is 2. The zero-order valence-corrected chi connectivity index (χ0v) is 17.9. The molecule has 28 heavy (non-hydrogen) atoms. The van der Waals surface area contributed by atoms with Crippen LogP contribution in [0, 0.1) is 11.8 Å². The third-order valence-corrected chi connectivity index (χ3v) is 6.52. The Morgan fingerprint density at radius 3 is 2.54 bits per heavy atom. The van der Waals surface area contributed by atoms with Crippen molar-refractivity contribution in [1.82, 2.24) is 10.2 Å². The van der Waals surface area contributed by atoms with Gasteiger partial charge < -0.3 is 19.7 Å². The van der Waals surface area contributed by atoms with Crippen molar-refractivity contribution in [2.24, 2.45) is 11.8 Å². The molecule has 6 nitrogen and oxygen atoms in total. The summed E-state index contributed by atoms with van der Waals surface area (Å²) in [6, 6.07) is 5.28. The van der Waals surface area contributed by atoms with E-state index in [0.29, 0.717) is 29.7 Å². The summed E-state index contributed by atoms with van der Waals surface area (Å²) >= 11 is 1.63. The van der Waals surface area contributed by atoms with Crippen molar-refractivity contribution in [3.63, 3.8) is 0 Å². The van der Waals surface area contributed by atoms with Gasteiger partial charge in [-0.3, -0.25) is 9.59 Å². The second-order valence-corrected chi connectivity index (χ2v) is 8.92. The van der Waals surface area contributed by atoms with E-state index in [1.807, 2.05) is 18.2 Å². The average Bonchev–Trinajstić information content (AvgIpc) is 3.44. The normalized spacial score (nSPS) is 21.7. The van der Waals surface area contributed by atoms with Crippen LogP contribution in [0.5, 0.6) is 11.5 Å². The summed E-state index contributed by atoms with van der Waals surface area (Å²) in [5, 5.41) is 2.84. The number of benzene rings is 1. The van der Waals surface area contributed by atoms with Crippen molar-refractivity contribution in [1.29, 1.82) is 0 Å². The Morgan fingerprint density at radius 1 is 1.21 bits per heavy atom. The third kappa shape index (κ3) is 4.57. The maximum atomic E-state index is 13.0. The number of thioether (sulfide) groups is 1. The average molecular weight is 407 g/mol. The van der Waals surface area contributed by atoms with Crippen molar-refractivity contribution in [2.45, 2.75) is 44.5 Å². The highest BCUT2D eigenvalue weighted by molar-refractivity contribution is 7.99. The molecule has 7 heteroatoms. The van der Waals surface area contributed by atoms with Gasteiger partial charge in [-0.05, 0) is 42.9 Å². The summed E-state index contributed by atoms with van der Waals surface area (Å²) in [5.74, 6) is 2.51. The molecule has 1 aliphatic carbocycles. The fourth-order valence-corrected chi connectivity index (χ4v) is 4.81. The van der Waals surface area contributed by atoms with Gasteiger partial charge in [-0.1, -0.05) is 19.9 Å². The highest BCUT2D eigenvalue weighted by atomic mass is 32.2. The van der Waals surface area contributed by atoms with Crippen LogP contribution in [0.1, 0.15) is 44.0 Å². The Bertz CT molecular complexity index is 720. The Morgan fingerprint density at radius 2 is 1.93 bits per heavy atom. The van der Waals surface area contributed by atoms with Crippen LogP contribution in [-0.2, 0) is 9.59 Å². The SMILES string of the molecule is COc1ccc([C@H]2SC[C@@H](C(=O)NCCC(C)C)N2C(=O)C2CC2)cc1OC. The van der Waals surface area contributed by atoms with Gasteiger partial charge in [-0.2, -0.15) is 0 Å².